The summed E-state index contributed by atoms with van der Waals surface area (Å²) in [6.07, 6.45) is 2.49. The number of carbonyl (C=O) groups is 2. The number of nitrogens with zero attached hydrogens (tertiary/aromatic N) is 3. The number of carbonyl (C=O) groups excluding carboxylic acids is 2. The predicted octanol–water partition coefficient (Wildman–Crippen LogP) is 1.90. The lowest BCUT2D eigenvalue weighted by Crippen LogP contribution is -2.30. The first-order valence-electron chi connectivity index (χ1n) is 10.2. The molecule has 3 N–H and O–H groups in total. The van der Waals surface area contributed by atoms with Crippen LogP contribution in [-0.4, -0.2) is 37.9 Å². The Labute approximate surface area is 179 Å². The number of hydrogen-bond donors (Lipinski definition) is 3. The summed E-state index contributed by atoms with van der Waals surface area (Å²) in [6.45, 7) is 6.34. The van der Waals surface area contributed by atoms with Gasteiger partial charge in [0, 0.05) is 48.9 Å². The minimum absolute atomic E-state index is 0.00353. The van der Waals surface area contributed by atoms with Gasteiger partial charge in [0.1, 0.15) is 0 Å². The summed E-state index contributed by atoms with van der Waals surface area (Å²) in [5.41, 5.74) is 5.19. The highest BCUT2D eigenvalue weighted by Gasteiger charge is 2.16. The van der Waals surface area contributed by atoms with Crippen LogP contribution in [0, 0.1) is 20.8 Å². The number of hydrogen-bond acceptors (Lipinski definition) is 5. The zero-order valence-corrected chi connectivity index (χ0v) is 17.9. The molecule has 9 nitrogen and oxygen atoms in total. The van der Waals surface area contributed by atoms with E-state index in [-0.39, 0.29) is 30.9 Å². The maximum Gasteiger partial charge on any atom is 0.276 e. The van der Waals surface area contributed by atoms with Crippen LogP contribution in [-0.2, 0) is 16.1 Å². The van der Waals surface area contributed by atoms with E-state index in [9.17, 15) is 14.4 Å². The molecule has 2 heterocycles. The average molecular weight is 425 g/mol. The molecule has 164 valence electrons. The van der Waals surface area contributed by atoms with Crippen molar-refractivity contribution in [2.24, 2.45) is 0 Å². The van der Waals surface area contributed by atoms with Crippen LogP contribution in [0.25, 0.3) is 16.5 Å². The molecule has 0 bridgehead atoms. The zero-order chi connectivity index (χ0) is 22.5. The van der Waals surface area contributed by atoms with Gasteiger partial charge >= 0.3 is 0 Å². The van der Waals surface area contributed by atoms with Crippen LogP contribution in [0.1, 0.15) is 36.2 Å². The zero-order valence-electron chi connectivity index (χ0n) is 17.9. The third-order valence-corrected chi connectivity index (χ3v) is 5.23. The lowest BCUT2D eigenvalue weighted by molar-refractivity contribution is -0.129. The van der Waals surface area contributed by atoms with Gasteiger partial charge in [-0.1, -0.05) is 17.7 Å². The van der Waals surface area contributed by atoms with Gasteiger partial charge in [0.2, 0.25) is 11.8 Å². The Morgan fingerprint density at radius 2 is 1.77 bits per heavy atom. The average Bonchev–Trinajstić information content (AvgIpc) is 3.10. The van der Waals surface area contributed by atoms with E-state index in [4.69, 9.17) is 5.21 Å². The molecule has 31 heavy (non-hydrogen) atoms. The Bertz CT molecular complexity index is 1160. The molecular formula is C22H27N5O4. The van der Waals surface area contributed by atoms with Gasteiger partial charge in [-0.2, -0.15) is 5.10 Å². The lowest BCUT2D eigenvalue weighted by atomic mass is 10.2. The maximum absolute atomic E-state index is 13.0. The number of benzene rings is 1. The van der Waals surface area contributed by atoms with Gasteiger partial charge in [0.05, 0.1) is 11.1 Å². The predicted molar refractivity (Wildman–Crippen MR) is 116 cm³/mol. The molecular weight excluding hydrogens is 398 g/mol. The summed E-state index contributed by atoms with van der Waals surface area (Å²) in [6, 6.07) is 8.10. The van der Waals surface area contributed by atoms with E-state index in [1.165, 1.54) is 15.7 Å². The smallest absolute Gasteiger partial charge is 0.276 e. The van der Waals surface area contributed by atoms with Crippen LogP contribution in [0.15, 0.2) is 35.3 Å². The molecule has 0 aliphatic carbocycles. The number of nitrogens with one attached hydrogen (secondary N) is 2. The molecule has 0 spiro atoms. The molecule has 1 aromatic carbocycles. The first kappa shape index (κ1) is 22.2. The normalized spacial score (nSPS) is 11.0. The Hall–Kier alpha value is -3.46. The van der Waals surface area contributed by atoms with Crippen molar-refractivity contribution in [3.05, 3.63) is 57.8 Å². The lowest BCUT2D eigenvalue weighted by Gasteiger charge is -2.08. The van der Waals surface area contributed by atoms with Crippen molar-refractivity contribution in [1.82, 2.24) is 25.1 Å². The number of fused-ring (bicyclic) bond motifs is 1. The highest BCUT2D eigenvalue weighted by atomic mass is 16.5. The van der Waals surface area contributed by atoms with E-state index in [1.807, 2.05) is 55.8 Å². The maximum atomic E-state index is 13.0. The second-order valence-electron chi connectivity index (χ2n) is 7.56. The summed E-state index contributed by atoms with van der Waals surface area (Å²) in [7, 11) is 0. The number of rotatable bonds is 8. The van der Waals surface area contributed by atoms with Gasteiger partial charge in [0.25, 0.3) is 5.56 Å². The fourth-order valence-electron chi connectivity index (χ4n) is 3.61. The summed E-state index contributed by atoms with van der Waals surface area (Å²) in [5, 5.41) is 16.9. The third-order valence-electron chi connectivity index (χ3n) is 5.23. The molecule has 0 saturated carbocycles. The molecule has 2 aromatic heterocycles. The molecule has 0 aliphatic heterocycles. The van der Waals surface area contributed by atoms with Gasteiger partial charge < -0.3 is 9.88 Å². The molecule has 0 aliphatic rings. The first-order valence-corrected chi connectivity index (χ1v) is 10.2. The van der Waals surface area contributed by atoms with Gasteiger partial charge in [-0.15, -0.1) is 0 Å². The van der Waals surface area contributed by atoms with Crippen molar-refractivity contribution in [2.45, 2.75) is 46.6 Å². The van der Waals surface area contributed by atoms with E-state index >= 15 is 0 Å². The van der Waals surface area contributed by atoms with E-state index in [1.54, 1.807) is 0 Å². The molecule has 0 fully saturated rings. The fraction of sp³-hybridized carbons (Fsp3) is 0.364. The van der Waals surface area contributed by atoms with Crippen LogP contribution >= 0.6 is 0 Å². The summed E-state index contributed by atoms with van der Waals surface area (Å²) < 4.78 is 3.41. The van der Waals surface area contributed by atoms with E-state index in [0.717, 1.165) is 22.5 Å². The molecule has 0 atom stereocenters. The SMILES string of the molecule is Cc1ccc(-n2cc3c(=O)n(CCCC(=O)NCCC(=O)NO)nc(C)c3c2C)cc1. The van der Waals surface area contributed by atoms with Gasteiger partial charge in [0.15, 0.2) is 0 Å². The van der Waals surface area contributed by atoms with E-state index in [0.29, 0.717) is 18.4 Å². The topological polar surface area (TPSA) is 118 Å². The monoisotopic (exact) mass is 425 g/mol. The molecule has 3 rings (SSSR count). The van der Waals surface area contributed by atoms with Crippen molar-refractivity contribution in [1.29, 1.82) is 0 Å². The molecule has 9 heteroatoms. The quantitative estimate of drug-likeness (QED) is 0.376. The van der Waals surface area contributed by atoms with E-state index < -0.39 is 5.91 Å². The fourth-order valence-corrected chi connectivity index (χ4v) is 3.61. The molecule has 0 saturated heterocycles. The van der Waals surface area contributed by atoms with Crippen molar-refractivity contribution >= 4 is 22.6 Å². The minimum Gasteiger partial charge on any atom is -0.356 e. The van der Waals surface area contributed by atoms with Crippen molar-refractivity contribution < 1.29 is 14.8 Å². The third kappa shape index (κ3) is 5.00. The van der Waals surface area contributed by atoms with Crippen molar-refractivity contribution in [2.75, 3.05) is 6.54 Å². The number of amides is 2. The van der Waals surface area contributed by atoms with Crippen LogP contribution in [0.3, 0.4) is 0 Å². The largest absolute Gasteiger partial charge is 0.356 e. The van der Waals surface area contributed by atoms with Crippen LogP contribution in [0.5, 0.6) is 0 Å². The number of aryl methyl sites for hydroxylation is 4. The summed E-state index contributed by atoms with van der Waals surface area (Å²) in [4.78, 5) is 35.8. The molecule has 0 radical (unpaired) electrons. The Morgan fingerprint density at radius 3 is 2.45 bits per heavy atom. The standard InChI is InChI=1S/C22H27N5O4/c1-14-6-8-17(9-7-14)26-13-18-21(16(26)3)15(2)24-27(22(18)30)12-4-5-19(28)23-11-10-20(29)25-31/h6-9,13,31H,4-5,10-12H2,1-3H3,(H,23,28)(H,25,29). The highest BCUT2D eigenvalue weighted by molar-refractivity contribution is 5.87. The second-order valence-corrected chi connectivity index (χ2v) is 7.56. The molecule has 3 aromatic rings. The summed E-state index contributed by atoms with van der Waals surface area (Å²) >= 11 is 0. The second kappa shape index (κ2) is 9.57. The van der Waals surface area contributed by atoms with Gasteiger partial charge in [-0.05, 0) is 39.3 Å². The number of hydroxylamine groups is 1. The van der Waals surface area contributed by atoms with Gasteiger partial charge in [-0.3, -0.25) is 19.6 Å². The minimum atomic E-state index is -0.562. The Kier molecular flexibility index (Phi) is 6.86. The summed E-state index contributed by atoms with van der Waals surface area (Å²) in [5.74, 6) is -0.786. The van der Waals surface area contributed by atoms with Crippen molar-refractivity contribution in [3.63, 3.8) is 0 Å². The Balaban J connectivity index is 1.73. The first-order chi connectivity index (χ1) is 14.8. The molecule has 0 unspecified atom stereocenters. The van der Waals surface area contributed by atoms with Crippen LogP contribution < -0.4 is 16.4 Å². The highest BCUT2D eigenvalue weighted by Crippen LogP contribution is 2.24. The van der Waals surface area contributed by atoms with Crippen LogP contribution in [0.2, 0.25) is 0 Å². The Morgan fingerprint density at radius 1 is 1.06 bits per heavy atom. The number of aromatic nitrogens is 3. The van der Waals surface area contributed by atoms with Crippen molar-refractivity contribution in [3.8, 4) is 5.69 Å². The van der Waals surface area contributed by atoms with Crippen LogP contribution in [0.4, 0.5) is 0 Å². The van der Waals surface area contributed by atoms with Gasteiger partial charge in [-0.25, -0.2) is 10.2 Å². The molecule has 2 amide bonds. The van der Waals surface area contributed by atoms with E-state index in [2.05, 4.69) is 10.4 Å².